The molecule has 2 fully saturated rings. The molecule has 188 valence electrons. The predicted octanol–water partition coefficient (Wildman–Crippen LogP) is 5.69. The third kappa shape index (κ3) is 4.94. The number of rotatable bonds is 9. The summed E-state index contributed by atoms with van der Waals surface area (Å²) < 4.78 is 10.8. The van der Waals surface area contributed by atoms with E-state index in [1.165, 1.54) is 12.8 Å². The van der Waals surface area contributed by atoms with Gasteiger partial charge in [-0.1, -0.05) is 24.3 Å². The summed E-state index contributed by atoms with van der Waals surface area (Å²) in [5, 5.41) is 4.55. The Morgan fingerprint density at radius 1 is 0.919 bits per heavy atom. The van der Waals surface area contributed by atoms with Gasteiger partial charge in [0.2, 0.25) is 0 Å². The van der Waals surface area contributed by atoms with Crippen LogP contribution in [0.3, 0.4) is 0 Å². The maximum atomic E-state index is 13.5. The van der Waals surface area contributed by atoms with Crippen LogP contribution in [0.5, 0.6) is 11.5 Å². The largest absolute Gasteiger partial charge is 0.493 e. The van der Waals surface area contributed by atoms with Crippen molar-refractivity contribution in [2.24, 2.45) is 0 Å². The Kier molecular flexibility index (Phi) is 6.12. The number of aromatic nitrogens is 2. The number of carbonyl (C=O) groups is 1. The van der Waals surface area contributed by atoms with E-state index in [1.807, 2.05) is 11.0 Å². The first kappa shape index (κ1) is 23.3. The van der Waals surface area contributed by atoms with Crippen molar-refractivity contribution in [2.45, 2.75) is 44.3 Å². The van der Waals surface area contributed by atoms with Crippen LogP contribution in [0.1, 0.15) is 41.6 Å². The van der Waals surface area contributed by atoms with Gasteiger partial charge in [0.25, 0.3) is 5.91 Å². The van der Waals surface area contributed by atoms with Crippen molar-refractivity contribution < 1.29 is 14.3 Å². The summed E-state index contributed by atoms with van der Waals surface area (Å²) in [7, 11) is 3.18. The minimum absolute atomic E-state index is 0.00695. The van der Waals surface area contributed by atoms with E-state index in [9.17, 15) is 4.79 Å². The normalized spacial score (nSPS) is 14.9. The highest BCUT2D eigenvalue weighted by molar-refractivity contribution is 5.95. The summed E-state index contributed by atoms with van der Waals surface area (Å²) in [6, 6.07) is 20.9. The number of methoxy groups -OCH3 is 2. The number of benzene rings is 3. The van der Waals surface area contributed by atoms with Crippen LogP contribution in [0.4, 0.5) is 5.82 Å². The minimum Gasteiger partial charge on any atom is -0.493 e. The Morgan fingerprint density at radius 3 is 2.49 bits per heavy atom. The molecule has 1 N–H and O–H groups in total. The van der Waals surface area contributed by atoms with Gasteiger partial charge in [-0.2, -0.15) is 0 Å². The number of hydrogen-bond donors (Lipinski definition) is 1. The van der Waals surface area contributed by atoms with Gasteiger partial charge in [0, 0.05) is 29.6 Å². The number of hydrogen-bond acceptors (Lipinski definition) is 6. The lowest BCUT2D eigenvalue weighted by atomic mass is 10.0. The first-order valence-corrected chi connectivity index (χ1v) is 12.8. The topological polar surface area (TPSA) is 76.6 Å². The van der Waals surface area contributed by atoms with E-state index in [0.717, 1.165) is 46.3 Å². The molecule has 0 bridgehead atoms. The van der Waals surface area contributed by atoms with Crippen LogP contribution in [-0.2, 0) is 6.54 Å². The highest BCUT2D eigenvalue weighted by Crippen LogP contribution is 2.34. The zero-order valence-corrected chi connectivity index (χ0v) is 21.1. The zero-order chi connectivity index (χ0) is 25.4. The van der Waals surface area contributed by atoms with Crippen LogP contribution in [0, 0.1) is 0 Å². The quantitative estimate of drug-likeness (QED) is 0.322. The van der Waals surface area contributed by atoms with Crippen LogP contribution in [0.25, 0.3) is 22.0 Å². The van der Waals surface area contributed by atoms with E-state index in [1.54, 1.807) is 38.7 Å². The van der Waals surface area contributed by atoms with Crippen LogP contribution in [0.15, 0.2) is 67.0 Å². The fourth-order valence-corrected chi connectivity index (χ4v) is 4.71. The zero-order valence-electron chi connectivity index (χ0n) is 21.1. The van der Waals surface area contributed by atoms with Crippen molar-refractivity contribution >= 4 is 22.6 Å². The molecule has 0 radical (unpaired) electrons. The Hall–Kier alpha value is -4.13. The molecule has 6 rings (SSSR count). The Bertz CT molecular complexity index is 1460. The first-order valence-electron chi connectivity index (χ1n) is 12.8. The van der Waals surface area contributed by atoms with Crippen molar-refractivity contribution in [1.29, 1.82) is 0 Å². The fraction of sp³-hybridized carbons (Fsp3) is 0.300. The van der Waals surface area contributed by atoms with E-state index in [-0.39, 0.29) is 11.9 Å². The highest BCUT2D eigenvalue weighted by Gasteiger charge is 2.33. The number of carbonyl (C=O) groups excluding carboxylic acids is 1. The molecule has 1 heterocycles. The molecule has 2 saturated carbocycles. The van der Waals surface area contributed by atoms with E-state index in [0.29, 0.717) is 29.6 Å². The van der Waals surface area contributed by atoms with Crippen molar-refractivity contribution in [3.63, 3.8) is 0 Å². The Morgan fingerprint density at radius 2 is 1.73 bits per heavy atom. The molecule has 2 aliphatic rings. The van der Waals surface area contributed by atoms with Crippen LogP contribution < -0.4 is 14.8 Å². The summed E-state index contributed by atoms with van der Waals surface area (Å²) in [6.07, 6.45) is 6.05. The van der Waals surface area contributed by atoms with E-state index < -0.39 is 0 Å². The smallest absolute Gasteiger partial charge is 0.254 e. The Balaban J connectivity index is 1.27. The van der Waals surface area contributed by atoms with Gasteiger partial charge in [-0.15, -0.1) is 0 Å². The van der Waals surface area contributed by atoms with Crippen molar-refractivity contribution in [2.75, 3.05) is 19.5 Å². The Labute approximate surface area is 216 Å². The molecular formula is C30H30N4O3. The molecule has 4 aromatic rings. The van der Waals surface area contributed by atoms with E-state index in [4.69, 9.17) is 9.47 Å². The van der Waals surface area contributed by atoms with Gasteiger partial charge in [-0.25, -0.2) is 9.97 Å². The highest BCUT2D eigenvalue weighted by atomic mass is 16.5. The fourth-order valence-electron chi connectivity index (χ4n) is 4.71. The number of nitrogens with zero attached hydrogens (tertiary/aromatic N) is 3. The summed E-state index contributed by atoms with van der Waals surface area (Å²) >= 11 is 0. The maximum Gasteiger partial charge on any atom is 0.254 e. The third-order valence-corrected chi connectivity index (χ3v) is 7.05. The lowest BCUT2D eigenvalue weighted by Crippen LogP contribution is -2.32. The number of fused-ring (bicyclic) bond motifs is 1. The second-order valence-corrected chi connectivity index (χ2v) is 9.81. The molecule has 0 spiro atoms. The number of anilines is 1. The van der Waals surface area contributed by atoms with Crippen LogP contribution >= 0.6 is 0 Å². The minimum atomic E-state index is 0.00695. The molecular weight excluding hydrogens is 464 g/mol. The van der Waals surface area contributed by atoms with E-state index in [2.05, 4.69) is 51.7 Å². The molecule has 3 aromatic carbocycles. The van der Waals surface area contributed by atoms with Gasteiger partial charge >= 0.3 is 0 Å². The molecule has 1 aromatic heterocycles. The number of amides is 1. The van der Waals surface area contributed by atoms with Gasteiger partial charge in [0.05, 0.1) is 19.7 Å². The molecule has 0 aliphatic heterocycles. The molecule has 0 atom stereocenters. The molecule has 37 heavy (non-hydrogen) atoms. The summed E-state index contributed by atoms with van der Waals surface area (Å²) in [5.74, 6) is 2.07. The molecule has 7 heteroatoms. The van der Waals surface area contributed by atoms with E-state index >= 15 is 0 Å². The standard InChI is InChI=1S/C30H30N4O3/c1-36-27-13-7-22(16-28(27)37-2)30(35)34(24-10-11-24)17-19-4-3-5-20(14-19)21-6-12-26-25(15-21)29(32-18-31-26)33-23-8-9-23/h3-7,12-16,18,23-24H,8-11,17H2,1-2H3,(H,31,32,33). The summed E-state index contributed by atoms with van der Waals surface area (Å²) in [5.41, 5.74) is 4.84. The first-order chi connectivity index (χ1) is 18.1. The molecule has 2 aliphatic carbocycles. The molecule has 7 nitrogen and oxygen atoms in total. The van der Waals surface area contributed by atoms with Gasteiger partial charge in [-0.05, 0) is 78.8 Å². The lowest BCUT2D eigenvalue weighted by Gasteiger charge is -2.23. The van der Waals surface area contributed by atoms with Crippen molar-refractivity contribution in [1.82, 2.24) is 14.9 Å². The second-order valence-electron chi connectivity index (χ2n) is 9.81. The van der Waals surface area contributed by atoms with Crippen molar-refractivity contribution in [3.8, 4) is 22.6 Å². The van der Waals surface area contributed by atoms with Crippen LogP contribution in [-0.4, -0.2) is 47.1 Å². The second kappa shape index (κ2) is 9.73. The van der Waals surface area contributed by atoms with Gasteiger partial charge < -0.3 is 19.7 Å². The predicted molar refractivity (Wildman–Crippen MR) is 144 cm³/mol. The lowest BCUT2D eigenvalue weighted by molar-refractivity contribution is 0.0729. The summed E-state index contributed by atoms with van der Waals surface area (Å²) in [4.78, 5) is 24.5. The summed E-state index contributed by atoms with van der Waals surface area (Å²) in [6.45, 7) is 0.552. The van der Waals surface area contributed by atoms with Gasteiger partial charge in [-0.3, -0.25) is 4.79 Å². The monoisotopic (exact) mass is 494 g/mol. The van der Waals surface area contributed by atoms with Gasteiger partial charge in [0.1, 0.15) is 12.1 Å². The third-order valence-electron chi connectivity index (χ3n) is 7.05. The molecule has 1 amide bonds. The maximum absolute atomic E-state index is 13.5. The molecule has 0 unspecified atom stereocenters. The van der Waals surface area contributed by atoms with Crippen molar-refractivity contribution in [3.05, 3.63) is 78.1 Å². The van der Waals surface area contributed by atoms with Crippen LogP contribution in [0.2, 0.25) is 0 Å². The average Bonchev–Trinajstić information content (AvgIpc) is 3.87. The SMILES string of the molecule is COc1ccc(C(=O)N(Cc2cccc(-c3ccc4ncnc(NC5CC5)c4c3)c2)C2CC2)cc1OC. The van der Waals surface area contributed by atoms with Gasteiger partial charge in [0.15, 0.2) is 11.5 Å². The number of nitrogens with one attached hydrogen (secondary N) is 1. The molecule has 0 saturated heterocycles. The average molecular weight is 495 g/mol. The number of ether oxygens (including phenoxy) is 2.